The molecule has 1 heterocycles. The Hall–Kier alpha value is -3.16. The second-order valence-corrected chi connectivity index (χ2v) is 9.63. The van der Waals surface area contributed by atoms with Crippen LogP contribution in [0.5, 0.6) is 0 Å². The summed E-state index contributed by atoms with van der Waals surface area (Å²) in [7, 11) is -1.82. The smallest absolute Gasteiger partial charge is 0.246 e. The molecule has 0 spiro atoms. The summed E-state index contributed by atoms with van der Waals surface area (Å²) >= 11 is 0. The van der Waals surface area contributed by atoms with Crippen molar-refractivity contribution in [2.45, 2.75) is 36.7 Å². The van der Waals surface area contributed by atoms with Crippen LogP contribution in [-0.2, 0) is 27.8 Å². The Morgan fingerprint density at radius 3 is 2.66 bits per heavy atom. The lowest BCUT2D eigenvalue weighted by Crippen LogP contribution is -2.32. The van der Waals surface area contributed by atoms with Crippen molar-refractivity contribution in [3.8, 4) is 0 Å². The van der Waals surface area contributed by atoms with E-state index in [1.807, 2.05) is 19.2 Å². The van der Waals surface area contributed by atoms with Gasteiger partial charge in [0.25, 0.3) is 0 Å². The number of carbonyl (C=O) groups is 1. The fourth-order valence-electron chi connectivity index (χ4n) is 3.99. The summed E-state index contributed by atoms with van der Waals surface area (Å²) in [6.07, 6.45) is 7.81. The van der Waals surface area contributed by atoms with Crippen LogP contribution in [0.3, 0.4) is 0 Å². The summed E-state index contributed by atoms with van der Waals surface area (Å²) in [4.78, 5) is 14.7. The average Bonchev–Trinajstić information content (AvgIpc) is 3.34. The maximum Gasteiger partial charge on any atom is 0.246 e. The topological polar surface area (TPSA) is 79.6 Å². The molecule has 1 aliphatic carbocycles. The van der Waals surface area contributed by atoms with Crippen molar-refractivity contribution in [3.63, 3.8) is 0 Å². The zero-order valence-corrected chi connectivity index (χ0v) is 18.7. The molecule has 1 aromatic heterocycles. The summed E-state index contributed by atoms with van der Waals surface area (Å²) < 4.78 is 32.5. The lowest BCUT2D eigenvalue weighted by atomic mass is 9.87. The molecule has 2 aromatic carbocycles. The molecule has 7 heteroatoms. The average molecular weight is 451 g/mol. The molecule has 1 aliphatic rings. The highest BCUT2D eigenvalue weighted by molar-refractivity contribution is 7.89. The van der Waals surface area contributed by atoms with Crippen molar-refractivity contribution in [1.29, 1.82) is 0 Å². The van der Waals surface area contributed by atoms with Crippen LogP contribution in [0.2, 0.25) is 0 Å². The number of carbonyl (C=O) groups excluding carboxylic acids is 1. The van der Waals surface area contributed by atoms with Gasteiger partial charge in [0.15, 0.2) is 0 Å². The monoisotopic (exact) mass is 450 g/mol. The third-order valence-corrected chi connectivity index (χ3v) is 7.20. The van der Waals surface area contributed by atoms with Crippen molar-refractivity contribution < 1.29 is 17.6 Å². The molecule has 1 atom stereocenters. The van der Waals surface area contributed by atoms with E-state index in [1.165, 1.54) is 35.6 Å². The Morgan fingerprint density at radius 1 is 1.12 bits per heavy atom. The van der Waals surface area contributed by atoms with E-state index < -0.39 is 10.0 Å². The number of aryl methyl sites for hydroxylation is 1. The molecule has 0 fully saturated rings. The molecule has 0 aliphatic heterocycles. The lowest BCUT2D eigenvalue weighted by molar-refractivity contribution is -0.127. The van der Waals surface area contributed by atoms with Crippen LogP contribution >= 0.6 is 0 Å². The molecule has 0 bridgehead atoms. The highest BCUT2D eigenvalue weighted by Crippen LogP contribution is 2.33. The number of nitrogens with zero attached hydrogens (tertiary/aromatic N) is 1. The first-order valence-corrected chi connectivity index (χ1v) is 12.1. The predicted octanol–water partition coefficient (Wildman–Crippen LogP) is 4.31. The number of nitrogens with one attached hydrogen (secondary N) is 1. The Bertz CT molecular complexity index is 1200. The molecule has 1 amide bonds. The number of fused-ring (bicyclic) bond motifs is 1. The van der Waals surface area contributed by atoms with Crippen molar-refractivity contribution in [2.24, 2.45) is 0 Å². The van der Waals surface area contributed by atoms with Crippen LogP contribution in [0.1, 0.15) is 41.3 Å². The third kappa shape index (κ3) is 5.00. The van der Waals surface area contributed by atoms with Crippen LogP contribution in [0.25, 0.3) is 6.08 Å². The van der Waals surface area contributed by atoms with Gasteiger partial charge in [-0.2, -0.15) is 0 Å². The van der Waals surface area contributed by atoms with Gasteiger partial charge in [0.1, 0.15) is 5.76 Å². The van der Waals surface area contributed by atoms with Crippen LogP contribution in [0.15, 0.2) is 82.3 Å². The predicted molar refractivity (Wildman–Crippen MR) is 123 cm³/mol. The van der Waals surface area contributed by atoms with Crippen LogP contribution < -0.4 is 4.72 Å². The van der Waals surface area contributed by atoms with Gasteiger partial charge in [0.2, 0.25) is 15.9 Å². The maximum atomic E-state index is 12.8. The van der Waals surface area contributed by atoms with Crippen LogP contribution in [0.4, 0.5) is 0 Å². The first kappa shape index (κ1) is 22.0. The van der Waals surface area contributed by atoms with Gasteiger partial charge in [-0.05, 0) is 66.3 Å². The Kier molecular flexibility index (Phi) is 6.58. The van der Waals surface area contributed by atoms with Crippen molar-refractivity contribution in [3.05, 3.63) is 95.5 Å². The largest absolute Gasteiger partial charge is 0.468 e. The fourth-order valence-corrected chi connectivity index (χ4v) is 4.98. The van der Waals surface area contributed by atoms with Gasteiger partial charge in [-0.25, -0.2) is 13.1 Å². The summed E-state index contributed by atoms with van der Waals surface area (Å²) in [5.74, 6) is 0.458. The highest BCUT2D eigenvalue weighted by atomic mass is 32.2. The molecule has 1 unspecified atom stereocenters. The second kappa shape index (κ2) is 9.54. The molecule has 3 aromatic rings. The standard InChI is InChI=1S/C25H26N2O4S/c1-27(24-10-4-7-20-6-2-3-9-23(20)24)25(28)16-13-19-11-14-22(15-12-19)32(29,30)26-18-21-8-5-17-31-21/h2-3,5-6,8-9,11-17,24,26H,4,7,10,18H2,1H3/b16-13+. The summed E-state index contributed by atoms with van der Waals surface area (Å²) in [6.45, 7) is 0.0854. The number of furan rings is 1. The van der Waals surface area contributed by atoms with Gasteiger partial charge in [-0.3, -0.25) is 4.79 Å². The fraction of sp³-hybridized carbons (Fsp3) is 0.240. The van der Waals surface area contributed by atoms with E-state index in [4.69, 9.17) is 4.42 Å². The number of benzene rings is 2. The molecular weight excluding hydrogens is 424 g/mol. The summed E-state index contributed by atoms with van der Waals surface area (Å²) in [5.41, 5.74) is 3.28. The minimum atomic E-state index is -3.65. The van der Waals surface area contributed by atoms with E-state index in [-0.39, 0.29) is 23.4 Å². The third-order valence-electron chi connectivity index (χ3n) is 5.78. The molecule has 166 valence electrons. The molecule has 1 N–H and O–H groups in total. The first-order valence-electron chi connectivity index (χ1n) is 10.6. The first-order chi connectivity index (χ1) is 15.4. The number of rotatable bonds is 7. The molecule has 32 heavy (non-hydrogen) atoms. The van der Waals surface area contributed by atoms with E-state index >= 15 is 0 Å². The summed E-state index contributed by atoms with van der Waals surface area (Å²) in [6, 6.07) is 18.2. The second-order valence-electron chi connectivity index (χ2n) is 7.86. The van der Waals surface area contributed by atoms with E-state index in [0.29, 0.717) is 5.76 Å². The SMILES string of the molecule is CN(C(=O)/C=C/c1ccc(S(=O)(=O)NCc2ccco2)cc1)C1CCCc2ccccc21. The quantitative estimate of drug-likeness (QED) is 0.544. The van der Waals surface area contributed by atoms with Gasteiger partial charge in [-0.15, -0.1) is 0 Å². The number of likely N-dealkylation sites (N-methyl/N-ethyl adjacent to an activating group) is 1. The maximum absolute atomic E-state index is 12.8. The zero-order chi connectivity index (χ0) is 22.6. The van der Waals surface area contributed by atoms with Crippen LogP contribution in [-0.4, -0.2) is 26.3 Å². The van der Waals surface area contributed by atoms with E-state index in [0.717, 1.165) is 24.8 Å². The van der Waals surface area contributed by atoms with Crippen LogP contribution in [0, 0.1) is 0 Å². The normalized spacial score (nSPS) is 16.1. The molecule has 4 rings (SSSR count). The van der Waals surface area contributed by atoms with Gasteiger partial charge in [-0.1, -0.05) is 36.4 Å². The number of hydrogen-bond donors (Lipinski definition) is 1. The summed E-state index contributed by atoms with van der Waals surface area (Å²) in [5, 5.41) is 0. The lowest BCUT2D eigenvalue weighted by Gasteiger charge is -2.32. The minimum absolute atomic E-state index is 0.0739. The van der Waals surface area contributed by atoms with Crippen molar-refractivity contribution in [1.82, 2.24) is 9.62 Å². The van der Waals surface area contributed by atoms with E-state index in [1.54, 1.807) is 35.2 Å². The highest BCUT2D eigenvalue weighted by Gasteiger charge is 2.25. The number of amides is 1. The Morgan fingerprint density at radius 2 is 1.91 bits per heavy atom. The van der Waals surface area contributed by atoms with Crippen molar-refractivity contribution in [2.75, 3.05) is 7.05 Å². The van der Waals surface area contributed by atoms with Gasteiger partial charge in [0, 0.05) is 13.1 Å². The molecule has 0 radical (unpaired) electrons. The molecule has 0 saturated heterocycles. The van der Waals surface area contributed by atoms with E-state index in [2.05, 4.69) is 16.9 Å². The molecule has 6 nitrogen and oxygen atoms in total. The molecule has 0 saturated carbocycles. The number of sulfonamides is 1. The van der Waals surface area contributed by atoms with Gasteiger partial charge < -0.3 is 9.32 Å². The molecular formula is C25H26N2O4S. The van der Waals surface area contributed by atoms with Gasteiger partial charge in [0.05, 0.1) is 23.7 Å². The number of hydrogen-bond acceptors (Lipinski definition) is 4. The van der Waals surface area contributed by atoms with Crippen molar-refractivity contribution >= 4 is 22.0 Å². The van der Waals surface area contributed by atoms with E-state index in [9.17, 15) is 13.2 Å². The van der Waals surface area contributed by atoms with Gasteiger partial charge >= 0.3 is 0 Å². The Labute approximate surface area is 188 Å². The zero-order valence-electron chi connectivity index (χ0n) is 17.9. The minimum Gasteiger partial charge on any atom is -0.468 e. The Balaban J connectivity index is 1.40.